The van der Waals surface area contributed by atoms with Crippen molar-refractivity contribution in [3.63, 3.8) is 0 Å². The number of nitrogens with one attached hydrogen (secondary N) is 2. The average Bonchev–Trinajstić information content (AvgIpc) is 2.57. The molecule has 2 heterocycles. The molecular formula is C17H26N4O. The van der Waals surface area contributed by atoms with Crippen molar-refractivity contribution in [1.82, 2.24) is 10.2 Å². The van der Waals surface area contributed by atoms with E-state index >= 15 is 0 Å². The first kappa shape index (κ1) is 15.3. The molecule has 2 saturated heterocycles. The monoisotopic (exact) mass is 302 g/mol. The van der Waals surface area contributed by atoms with Gasteiger partial charge in [-0.05, 0) is 57.2 Å². The second kappa shape index (κ2) is 7.11. The minimum Gasteiger partial charge on any atom is -0.369 e. The van der Waals surface area contributed by atoms with E-state index in [4.69, 9.17) is 0 Å². The number of piperidine rings is 1. The summed E-state index contributed by atoms with van der Waals surface area (Å²) in [7, 11) is 2.11. The molecule has 5 nitrogen and oxygen atoms in total. The zero-order valence-corrected chi connectivity index (χ0v) is 13.3. The zero-order chi connectivity index (χ0) is 15.4. The summed E-state index contributed by atoms with van der Waals surface area (Å²) in [4.78, 5) is 17.0. The molecule has 0 radical (unpaired) electrons. The molecule has 0 unspecified atom stereocenters. The van der Waals surface area contributed by atoms with Gasteiger partial charge in [-0.25, -0.2) is 0 Å². The molecular weight excluding hydrogens is 276 g/mol. The Hall–Kier alpha value is -1.59. The van der Waals surface area contributed by atoms with Crippen molar-refractivity contribution >= 4 is 17.3 Å². The van der Waals surface area contributed by atoms with Crippen molar-refractivity contribution < 1.29 is 4.79 Å². The van der Waals surface area contributed by atoms with Crippen molar-refractivity contribution in [2.75, 3.05) is 56.5 Å². The number of carbonyl (C=O) groups excluding carboxylic acids is 1. The van der Waals surface area contributed by atoms with E-state index in [-0.39, 0.29) is 11.8 Å². The molecule has 0 bridgehead atoms. The Kier molecular flexibility index (Phi) is 4.95. The summed E-state index contributed by atoms with van der Waals surface area (Å²) in [5, 5.41) is 6.43. The molecule has 1 aromatic carbocycles. The summed E-state index contributed by atoms with van der Waals surface area (Å²) in [6.07, 6.45) is 1.92. The molecule has 0 atom stereocenters. The Morgan fingerprint density at radius 2 is 1.73 bits per heavy atom. The summed E-state index contributed by atoms with van der Waals surface area (Å²) in [5.41, 5.74) is 2.14. The third kappa shape index (κ3) is 3.78. The van der Waals surface area contributed by atoms with Gasteiger partial charge in [0, 0.05) is 43.5 Å². The molecule has 3 rings (SSSR count). The molecule has 0 spiro atoms. The van der Waals surface area contributed by atoms with Gasteiger partial charge in [0.15, 0.2) is 0 Å². The first-order valence-corrected chi connectivity index (χ1v) is 8.27. The Balaban J connectivity index is 1.55. The van der Waals surface area contributed by atoms with Crippen LogP contribution in [0.25, 0.3) is 0 Å². The van der Waals surface area contributed by atoms with Crippen LogP contribution < -0.4 is 15.5 Å². The van der Waals surface area contributed by atoms with Gasteiger partial charge >= 0.3 is 0 Å². The molecule has 0 saturated carbocycles. The van der Waals surface area contributed by atoms with Crippen LogP contribution in [0.1, 0.15) is 12.8 Å². The molecule has 120 valence electrons. The van der Waals surface area contributed by atoms with Crippen LogP contribution in [0.2, 0.25) is 0 Å². The lowest BCUT2D eigenvalue weighted by atomic mass is 9.96. The van der Waals surface area contributed by atoms with Gasteiger partial charge in [-0.15, -0.1) is 0 Å². The average molecular weight is 302 g/mol. The summed E-state index contributed by atoms with van der Waals surface area (Å²) in [6, 6.07) is 8.25. The molecule has 5 heteroatoms. The second-order valence-corrected chi connectivity index (χ2v) is 6.35. The van der Waals surface area contributed by atoms with Gasteiger partial charge in [-0.2, -0.15) is 0 Å². The third-order valence-electron chi connectivity index (χ3n) is 4.71. The van der Waals surface area contributed by atoms with Gasteiger partial charge in [-0.3, -0.25) is 4.79 Å². The lowest BCUT2D eigenvalue weighted by Gasteiger charge is -2.30. The van der Waals surface area contributed by atoms with Gasteiger partial charge in [0.05, 0.1) is 0 Å². The normalized spacial score (nSPS) is 20.9. The highest BCUT2D eigenvalue weighted by Gasteiger charge is 2.23. The smallest absolute Gasteiger partial charge is 0.227 e. The fourth-order valence-electron chi connectivity index (χ4n) is 3.19. The second-order valence-electron chi connectivity index (χ2n) is 6.35. The van der Waals surface area contributed by atoms with Crippen LogP contribution >= 0.6 is 0 Å². The van der Waals surface area contributed by atoms with E-state index in [1.54, 1.807) is 0 Å². The van der Waals surface area contributed by atoms with Crippen molar-refractivity contribution in [3.05, 3.63) is 24.3 Å². The van der Waals surface area contributed by atoms with Crippen molar-refractivity contribution in [3.8, 4) is 0 Å². The van der Waals surface area contributed by atoms with E-state index in [2.05, 4.69) is 39.6 Å². The highest BCUT2D eigenvalue weighted by atomic mass is 16.1. The minimum absolute atomic E-state index is 0.157. The van der Waals surface area contributed by atoms with Gasteiger partial charge in [0.1, 0.15) is 0 Å². The van der Waals surface area contributed by atoms with E-state index in [9.17, 15) is 4.79 Å². The Morgan fingerprint density at radius 3 is 2.36 bits per heavy atom. The van der Waals surface area contributed by atoms with Crippen LogP contribution in [0.4, 0.5) is 11.4 Å². The number of amides is 1. The standard InChI is InChI=1S/C17H26N4O/c1-20-10-6-14(7-11-20)17(22)19-15-2-4-16(5-3-15)21-12-8-18-9-13-21/h2-5,14,18H,6-13H2,1H3,(H,19,22). The maximum absolute atomic E-state index is 12.3. The predicted octanol–water partition coefficient (Wildman–Crippen LogP) is 1.38. The molecule has 2 aliphatic rings. The van der Waals surface area contributed by atoms with Gasteiger partial charge < -0.3 is 20.4 Å². The fraction of sp³-hybridized carbons (Fsp3) is 0.588. The number of piperazine rings is 1. The van der Waals surface area contributed by atoms with Crippen molar-refractivity contribution in [2.45, 2.75) is 12.8 Å². The molecule has 0 aliphatic carbocycles. The van der Waals surface area contributed by atoms with E-state index in [1.807, 2.05) is 12.1 Å². The molecule has 0 aromatic heterocycles. The number of rotatable bonds is 3. The lowest BCUT2D eigenvalue weighted by molar-refractivity contribution is -0.121. The summed E-state index contributed by atoms with van der Waals surface area (Å²) < 4.78 is 0. The first-order valence-electron chi connectivity index (χ1n) is 8.27. The Labute approximate surface area is 132 Å². The topological polar surface area (TPSA) is 47.6 Å². The zero-order valence-electron chi connectivity index (χ0n) is 13.3. The lowest BCUT2D eigenvalue weighted by Crippen LogP contribution is -2.43. The minimum atomic E-state index is 0.157. The van der Waals surface area contributed by atoms with Crippen LogP contribution in [0.5, 0.6) is 0 Å². The number of carbonyl (C=O) groups is 1. The van der Waals surface area contributed by atoms with Crippen LogP contribution in [-0.2, 0) is 4.79 Å². The maximum atomic E-state index is 12.3. The van der Waals surface area contributed by atoms with Crippen LogP contribution in [0, 0.1) is 5.92 Å². The van der Waals surface area contributed by atoms with Crippen molar-refractivity contribution in [1.29, 1.82) is 0 Å². The molecule has 2 N–H and O–H groups in total. The van der Waals surface area contributed by atoms with Gasteiger partial charge in [0.25, 0.3) is 0 Å². The molecule has 2 fully saturated rings. The van der Waals surface area contributed by atoms with E-state index in [0.717, 1.165) is 57.8 Å². The van der Waals surface area contributed by atoms with E-state index in [1.165, 1.54) is 5.69 Å². The first-order chi connectivity index (χ1) is 10.7. The highest BCUT2D eigenvalue weighted by Crippen LogP contribution is 2.21. The van der Waals surface area contributed by atoms with Crippen molar-refractivity contribution in [2.24, 2.45) is 5.92 Å². The summed E-state index contributed by atoms with van der Waals surface area (Å²) in [6.45, 7) is 6.19. The number of anilines is 2. The van der Waals surface area contributed by atoms with Crippen LogP contribution in [0.15, 0.2) is 24.3 Å². The number of hydrogen-bond donors (Lipinski definition) is 2. The van der Waals surface area contributed by atoms with Gasteiger partial charge in [0.2, 0.25) is 5.91 Å². The van der Waals surface area contributed by atoms with Crippen LogP contribution in [-0.4, -0.2) is 57.1 Å². The number of likely N-dealkylation sites (tertiary alicyclic amines) is 1. The molecule has 22 heavy (non-hydrogen) atoms. The maximum Gasteiger partial charge on any atom is 0.227 e. The Bertz CT molecular complexity index is 488. The highest BCUT2D eigenvalue weighted by molar-refractivity contribution is 5.92. The summed E-state index contributed by atoms with van der Waals surface area (Å²) in [5.74, 6) is 0.326. The fourth-order valence-corrected chi connectivity index (χ4v) is 3.19. The number of hydrogen-bond acceptors (Lipinski definition) is 4. The molecule has 1 amide bonds. The van der Waals surface area contributed by atoms with Gasteiger partial charge in [-0.1, -0.05) is 0 Å². The quantitative estimate of drug-likeness (QED) is 0.885. The number of nitrogens with zero attached hydrogens (tertiary/aromatic N) is 2. The predicted molar refractivity (Wildman–Crippen MR) is 90.4 cm³/mol. The van der Waals surface area contributed by atoms with E-state index < -0.39 is 0 Å². The largest absolute Gasteiger partial charge is 0.369 e. The summed E-state index contributed by atoms with van der Waals surface area (Å²) >= 11 is 0. The SMILES string of the molecule is CN1CCC(C(=O)Nc2ccc(N3CCNCC3)cc2)CC1. The number of benzene rings is 1. The third-order valence-corrected chi connectivity index (χ3v) is 4.71. The van der Waals surface area contributed by atoms with E-state index in [0.29, 0.717) is 0 Å². The Morgan fingerprint density at radius 1 is 1.09 bits per heavy atom. The molecule has 1 aromatic rings. The van der Waals surface area contributed by atoms with Crippen LogP contribution in [0.3, 0.4) is 0 Å². The molecule has 2 aliphatic heterocycles.